The number of hydrogen-bond acceptors (Lipinski definition) is 2. The summed E-state index contributed by atoms with van der Waals surface area (Å²) in [6, 6.07) is 1.84. The lowest BCUT2D eigenvalue weighted by Gasteiger charge is -2.12. The van der Waals surface area contributed by atoms with Gasteiger partial charge in [-0.05, 0) is 25.1 Å². The van der Waals surface area contributed by atoms with E-state index >= 15 is 0 Å². The maximum Gasteiger partial charge on any atom is 0.142 e. The van der Waals surface area contributed by atoms with E-state index in [4.69, 9.17) is 17.3 Å². The minimum absolute atomic E-state index is 0.139. The highest BCUT2D eigenvalue weighted by Crippen LogP contribution is 2.29. The van der Waals surface area contributed by atoms with Gasteiger partial charge in [-0.2, -0.15) is 0 Å². The van der Waals surface area contributed by atoms with Gasteiger partial charge in [0.05, 0.1) is 11.1 Å². The number of halogens is 3. The van der Waals surface area contributed by atoms with Crippen LogP contribution in [0.1, 0.15) is 18.1 Å². The van der Waals surface area contributed by atoms with Crippen molar-refractivity contribution in [2.45, 2.75) is 12.5 Å². The van der Waals surface area contributed by atoms with Gasteiger partial charge >= 0.3 is 0 Å². The van der Waals surface area contributed by atoms with Crippen LogP contribution in [0.5, 0.6) is 0 Å². The van der Waals surface area contributed by atoms with Crippen molar-refractivity contribution >= 4 is 11.6 Å². The van der Waals surface area contributed by atoms with Crippen molar-refractivity contribution in [2.75, 3.05) is 6.54 Å². The fraction of sp³-hybridized carbons (Fsp3) is 0.333. The van der Waals surface area contributed by atoms with Crippen LogP contribution in [0.3, 0.4) is 0 Å². The molecule has 0 saturated heterocycles. The molecule has 0 aromatic heterocycles. The van der Waals surface area contributed by atoms with E-state index in [-0.39, 0.29) is 23.6 Å². The Hall–Kier alpha value is -0.710. The van der Waals surface area contributed by atoms with Crippen molar-refractivity contribution in [1.29, 1.82) is 0 Å². The average molecular weight is 222 g/mol. The van der Waals surface area contributed by atoms with E-state index in [9.17, 15) is 13.9 Å². The lowest BCUT2D eigenvalue weighted by molar-refractivity contribution is 0.165. The van der Waals surface area contributed by atoms with Crippen molar-refractivity contribution in [1.82, 2.24) is 0 Å². The number of nitrogens with two attached hydrogens (primary N) is 1. The van der Waals surface area contributed by atoms with Crippen molar-refractivity contribution in [2.24, 2.45) is 5.73 Å². The third-order valence-corrected chi connectivity index (χ3v) is 2.24. The van der Waals surface area contributed by atoms with E-state index in [1.807, 2.05) is 0 Å². The minimum atomic E-state index is -1.16. The molecule has 0 bridgehead atoms. The number of rotatable bonds is 3. The van der Waals surface area contributed by atoms with Gasteiger partial charge in [-0.1, -0.05) is 11.6 Å². The predicted octanol–water partition coefficient (Wildman–Crippen LogP) is 2.00. The molecule has 0 aliphatic carbocycles. The maximum atomic E-state index is 13.2. The second-order valence-corrected chi connectivity index (χ2v) is 3.23. The summed E-state index contributed by atoms with van der Waals surface area (Å²) in [6.07, 6.45) is -1.02. The molecular formula is C9H10ClF2NO. The summed E-state index contributed by atoms with van der Waals surface area (Å²) < 4.78 is 26.1. The molecule has 1 aromatic carbocycles. The Bertz CT molecular complexity index is 333. The first-order chi connectivity index (χ1) is 6.57. The van der Waals surface area contributed by atoms with Crippen LogP contribution in [0.4, 0.5) is 8.78 Å². The third-order valence-electron chi connectivity index (χ3n) is 1.85. The second-order valence-electron chi connectivity index (χ2n) is 2.85. The predicted molar refractivity (Wildman–Crippen MR) is 50.0 cm³/mol. The van der Waals surface area contributed by atoms with Gasteiger partial charge in [-0.25, -0.2) is 8.78 Å². The first-order valence-electron chi connectivity index (χ1n) is 4.09. The Morgan fingerprint density at radius 1 is 1.36 bits per heavy atom. The Kier molecular flexibility index (Phi) is 3.80. The molecule has 1 atom stereocenters. The molecular weight excluding hydrogens is 212 g/mol. The highest BCUT2D eigenvalue weighted by Gasteiger charge is 2.18. The Morgan fingerprint density at radius 2 is 1.93 bits per heavy atom. The van der Waals surface area contributed by atoms with Crippen LogP contribution in [-0.4, -0.2) is 11.7 Å². The van der Waals surface area contributed by atoms with E-state index in [1.54, 1.807) is 0 Å². The Morgan fingerprint density at radius 3 is 2.50 bits per heavy atom. The Balaban J connectivity index is 3.11. The normalized spacial score (nSPS) is 12.9. The number of aliphatic hydroxyl groups excluding tert-OH is 1. The summed E-state index contributed by atoms with van der Waals surface area (Å²) in [5.41, 5.74) is 4.96. The molecule has 0 fully saturated rings. The fourth-order valence-corrected chi connectivity index (χ4v) is 1.43. The molecule has 78 valence electrons. The van der Waals surface area contributed by atoms with Crippen LogP contribution in [0.25, 0.3) is 0 Å². The summed E-state index contributed by atoms with van der Waals surface area (Å²) in [7, 11) is 0. The van der Waals surface area contributed by atoms with Gasteiger partial charge in [0.2, 0.25) is 0 Å². The average Bonchev–Trinajstić information content (AvgIpc) is 2.13. The lowest BCUT2D eigenvalue weighted by Crippen LogP contribution is -2.09. The zero-order valence-electron chi connectivity index (χ0n) is 7.30. The molecule has 0 amide bonds. The summed E-state index contributed by atoms with van der Waals surface area (Å²) in [5, 5.41) is 9.05. The van der Waals surface area contributed by atoms with Gasteiger partial charge in [-0.15, -0.1) is 0 Å². The van der Waals surface area contributed by atoms with E-state index in [0.717, 1.165) is 12.1 Å². The van der Waals surface area contributed by atoms with Crippen LogP contribution in [0.15, 0.2) is 12.1 Å². The summed E-state index contributed by atoms with van der Waals surface area (Å²) in [4.78, 5) is 0. The summed E-state index contributed by atoms with van der Waals surface area (Å²) in [6.45, 7) is 0.174. The molecule has 3 N–H and O–H groups in total. The standard InChI is InChI=1S/C9H10ClF2NO/c10-9-6(12)2-1-5(11)8(9)7(14)3-4-13/h1-2,7,14H,3-4,13H2/t7-/m1/s1. The van der Waals surface area contributed by atoms with Crippen LogP contribution < -0.4 is 5.73 Å². The molecule has 0 saturated carbocycles. The van der Waals surface area contributed by atoms with Crippen molar-refractivity contribution < 1.29 is 13.9 Å². The van der Waals surface area contributed by atoms with E-state index in [2.05, 4.69) is 0 Å². The van der Waals surface area contributed by atoms with E-state index < -0.39 is 17.7 Å². The SMILES string of the molecule is NCC[C@@H](O)c1c(F)ccc(F)c1Cl. The highest BCUT2D eigenvalue weighted by molar-refractivity contribution is 6.31. The van der Waals surface area contributed by atoms with Gasteiger partial charge < -0.3 is 10.8 Å². The van der Waals surface area contributed by atoms with Crippen LogP contribution in [0.2, 0.25) is 5.02 Å². The highest BCUT2D eigenvalue weighted by atomic mass is 35.5. The molecule has 1 rings (SSSR count). The van der Waals surface area contributed by atoms with Crippen LogP contribution in [0, 0.1) is 11.6 Å². The van der Waals surface area contributed by atoms with Gasteiger partial charge in [-0.3, -0.25) is 0 Å². The van der Waals surface area contributed by atoms with E-state index in [1.165, 1.54) is 0 Å². The van der Waals surface area contributed by atoms with Crippen molar-refractivity contribution in [3.63, 3.8) is 0 Å². The maximum absolute atomic E-state index is 13.2. The zero-order valence-corrected chi connectivity index (χ0v) is 8.06. The van der Waals surface area contributed by atoms with Gasteiger partial charge in [0.25, 0.3) is 0 Å². The molecule has 14 heavy (non-hydrogen) atoms. The van der Waals surface area contributed by atoms with Crippen LogP contribution in [-0.2, 0) is 0 Å². The van der Waals surface area contributed by atoms with E-state index in [0.29, 0.717) is 0 Å². The molecule has 0 aliphatic rings. The van der Waals surface area contributed by atoms with Crippen LogP contribution >= 0.6 is 11.6 Å². The second kappa shape index (κ2) is 4.68. The molecule has 0 heterocycles. The molecule has 1 aromatic rings. The Labute approximate surface area is 85.3 Å². The quantitative estimate of drug-likeness (QED) is 0.767. The fourth-order valence-electron chi connectivity index (χ4n) is 1.15. The number of aliphatic hydroxyl groups is 1. The lowest BCUT2D eigenvalue weighted by atomic mass is 10.1. The first kappa shape index (κ1) is 11.4. The number of hydrogen-bond donors (Lipinski definition) is 2. The molecule has 2 nitrogen and oxygen atoms in total. The van der Waals surface area contributed by atoms with Crippen molar-refractivity contribution in [3.05, 3.63) is 34.4 Å². The smallest absolute Gasteiger partial charge is 0.142 e. The number of benzene rings is 1. The molecule has 0 unspecified atom stereocenters. The monoisotopic (exact) mass is 221 g/mol. The topological polar surface area (TPSA) is 46.2 Å². The molecule has 0 aliphatic heterocycles. The van der Waals surface area contributed by atoms with Gasteiger partial charge in [0.1, 0.15) is 11.6 Å². The van der Waals surface area contributed by atoms with Gasteiger partial charge in [0.15, 0.2) is 0 Å². The molecule has 0 radical (unpaired) electrons. The van der Waals surface area contributed by atoms with Gasteiger partial charge in [0, 0.05) is 5.56 Å². The molecule has 5 heteroatoms. The minimum Gasteiger partial charge on any atom is -0.388 e. The first-order valence-corrected chi connectivity index (χ1v) is 4.47. The summed E-state index contributed by atoms with van der Waals surface area (Å²) >= 11 is 5.51. The van der Waals surface area contributed by atoms with Crippen molar-refractivity contribution in [3.8, 4) is 0 Å². The largest absolute Gasteiger partial charge is 0.388 e. The third kappa shape index (κ3) is 2.20. The molecule has 0 spiro atoms. The summed E-state index contributed by atoms with van der Waals surface area (Å²) in [5.74, 6) is -1.48. The zero-order chi connectivity index (χ0) is 10.7.